The minimum atomic E-state index is 0.155. The molecule has 0 aliphatic carbocycles. The molecule has 2 N–H and O–H groups in total. The fourth-order valence-corrected chi connectivity index (χ4v) is 1.14. The van der Waals surface area contributed by atoms with E-state index in [0.717, 1.165) is 11.5 Å². The first-order valence-electron chi connectivity index (χ1n) is 3.95. The summed E-state index contributed by atoms with van der Waals surface area (Å²) in [6, 6.07) is 2.07. The van der Waals surface area contributed by atoms with Gasteiger partial charge in [-0.05, 0) is 21.0 Å². The van der Waals surface area contributed by atoms with Crippen LogP contribution in [0.4, 0.5) is 0 Å². The van der Waals surface area contributed by atoms with Gasteiger partial charge in [0.1, 0.15) is 11.5 Å². The second-order valence-electron chi connectivity index (χ2n) is 3.08. The molecule has 1 heterocycles. The van der Waals surface area contributed by atoms with Crippen molar-refractivity contribution in [1.82, 2.24) is 10.1 Å². The van der Waals surface area contributed by atoms with E-state index in [9.17, 15) is 0 Å². The minimum Gasteiger partial charge on any atom is -0.361 e. The Morgan fingerprint density at radius 3 is 2.67 bits per heavy atom. The third kappa shape index (κ3) is 1.84. The average Bonchev–Trinajstić information content (AvgIpc) is 2.37. The van der Waals surface area contributed by atoms with Crippen LogP contribution in [0.5, 0.6) is 0 Å². The molecule has 0 aliphatic heterocycles. The van der Waals surface area contributed by atoms with Crippen LogP contribution < -0.4 is 5.73 Å². The summed E-state index contributed by atoms with van der Waals surface area (Å²) in [6.07, 6.45) is 0. The van der Waals surface area contributed by atoms with E-state index >= 15 is 0 Å². The summed E-state index contributed by atoms with van der Waals surface area (Å²) in [5.74, 6) is 0.824. The molecule has 0 radical (unpaired) electrons. The number of hydrogen-bond donors (Lipinski definition) is 1. The lowest BCUT2D eigenvalue weighted by atomic mass is 10.2. The maximum absolute atomic E-state index is 5.59. The molecule has 1 atom stereocenters. The van der Waals surface area contributed by atoms with Gasteiger partial charge in [-0.15, -0.1) is 0 Å². The predicted molar refractivity (Wildman–Crippen MR) is 46.7 cm³/mol. The molecule has 4 nitrogen and oxygen atoms in total. The standard InChI is InChI=1S/C8H15N3O/c1-6-4-7(10-12-6)8(5-9)11(2)3/h4,8H,5,9H2,1-3H3. The molecule has 1 rings (SSSR count). The van der Waals surface area contributed by atoms with Gasteiger partial charge in [0.15, 0.2) is 0 Å². The number of hydrogen-bond acceptors (Lipinski definition) is 4. The molecule has 0 aliphatic rings. The largest absolute Gasteiger partial charge is 0.361 e. The SMILES string of the molecule is Cc1cc(C(CN)N(C)C)no1. The van der Waals surface area contributed by atoms with Crippen LogP contribution in [0.3, 0.4) is 0 Å². The van der Waals surface area contributed by atoms with Crippen molar-refractivity contribution in [2.75, 3.05) is 20.6 Å². The van der Waals surface area contributed by atoms with E-state index in [1.807, 2.05) is 32.0 Å². The minimum absolute atomic E-state index is 0.155. The predicted octanol–water partition coefficient (Wildman–Crippen LogP) is 0.544. The Hall–Kier alpha value is -0.870. The second kappa shape index (κ2) is 3.69. The van der Waals surface area contributed by atoms with Crippen molar-refractivity contribution in [2.45, 2.75) is 13.0 Å². The van der Waals surface area contributed by atoms with Gasteiger partial charge in [-0.1, -0.05) is 5.16 Å². The first kappa shape index (κ1) is 9.22. The molecule has 0 spiro atoms. The lowest BCUT2D eigenvalue weighted by molar-refractivity contribution is 0.284. The molecule has 0 saturated carbocycles. The molecule has 0 amide bonds. The van der Waals surface area contributed by atoms with Crippen molar-refractivity contribution in [3.8, 4) is 0 Å². The van der Waals surface area contributed by atoms with Crippen LogP contribution in [0.1, 0.15) is 17.5 Å². The summed E-state index contributed by atoms with van der Waals surface area (Å²) in [7, 11) is 3.95. The molecular weight excluding hydrogens is 154 g/mol. The Bertz CT molecular complexity index is 244. The van der Waals surface area contributed by atoms with Gasteiger partial charge in [-0.25, -0.2) is 0 Å². The monoisotopic (exact) mass is 169 g/mol. The zero-order valence-electron chi connectivity index (χ0n) is 7.74. The topological polar surface area (TPSA) is 55.3 Å². The third-order valence-corrected chi connectivity index (χ3v) is 1.83. The van der Waals surface area contributed by atoms with Gasteiger partial charge in [-0.2, -0.15) is 0 Å². The molecule has 0 saturated heterocycles. The van der Waals surface area contributed by atoms with Gasteiger partial charge in [0.05, 0.1) is 6.04 Å². The van der Waals surface area contributed by atoms with E-state index in [4.69, 9.17) is 10.3 Å². The maximum Gasteiger partial charge on any atom is 0.133 e. The van der Waals surface area contributed by atoms with Crippen LogP contribution in [0, 0.1) is 6.92 Å². The highest BCUT2D eigenvalue weighted by Crippen LogP contribution is 2.15. The Labute approximate surface area is 72.3 Å². The number of rotatable bonds is 3. The Kier molecular flexibility index (Phi) is 2.83. The number of nitrogens with zero attached hydrogens (tertiary/aromatic N) is 2. The molecule has 0 aromatic carbocycles. The van der Waals surface area contributed by atoms with E-state index in [-0.39, 0.29) is 6.04 Å². The number of aromatic nitrogens is 1. The first-order valence-corrected chi connectivity index (χ1v) is 3.95. The van der Waals surface area contributed by atoms with Gasteiger partial charge in [-0.3, -0.25) is 4.90 Å². The van der Waals surface area contributed by atoms with Crippen LogP contribution in [0.15, 0.2) is 10.6 Å². The van der Waals surface area contributed by atoms with Crippen LogP contribution in [0.2, 0.25) is 0 Å². The summed E-state index contributed by atoms with van der Waals surface area (Å²) in [5, 5.41) is 3.91. The van der Waals surface area contributed by atoms with Crippen molar-refractivity contribution in [3.63, 3.8) is 0 Å². The van der Waals surface area contributed by atoms with Gasteiger partial charge < -0.3 is 10.3 Å². The molecule has 1 aromatic rings. The summed E-state index contributed by atoms with van der Waals surface area (Å²) >= 11 is 0. The fraction of sp³-hybridized carbons (Fsp3) is 0.625. The third-order valence-electron chi connectivity index (χ3n) is 1.83. The van der Waals surface area contributed by atoms with Crippen LogP contribution in [-0.2, 0) is 0 Å². The zero-order chi connectivity index (χ0) is 9.14. The summed E-state index contributed by atoms with van der Waals surface area (Å²) in [6.45, 7) is 2.43. The second-order valence-corrected chi connectivity index (χ2v) is 3.08. The van der Waals surface area contributed by atoms with Gasteiger partial charge >= 0.3 is 0 Å². The summed E-state index contributed by atoms with van der Waals surface area (Å²) in [5.41, 5.74) is 6.49. The first-order chi connectivity index (χ1) is 5.65. The Balaban J connectivity index is 2.80. The van der Waals surface area contributed by atoms with Gasteiger partial charge in [0.25, 0.3) is 0 Å². The maximum atomic E-state index is 5.59. The number of aryl methyl sites for hydroxylation is 1. The lowest BCUT2D eigenvalue weighted by Gasteiger charge is -2.19. The smallest absolute Gasteiger partial charge is 0.133 e. The molecule has 68 valence electrons. The highest BCUT2D eigenvalue weighted by atomic mass is 16.5. The van der Waals surface area contributed by atoms with Gasteiger partial charge in [0.2, 0.25) is 0 Å². The van der Waals surface area contributed by atoms with Crippen molar-refractivity contribution in [2.24, 2.45) is 5.73 Å². The van der Waals surface area contributed by atoms with E-state index in [1.165, 1.54) is 0 Å². The van der Waals surface area contributed by atoms with Crippen LogP contribution in [0.25, 0.3) is 0 Å². The highest BCUT2D eigenvalue weighted by molar-refractivity contribution is 5.08. The molecule has 0 bridgehead atoms. The normalized spacial score (nSPS) is 13.8. The van der Waals surface area contributed by atoms with Crippen molar-refractivity contribution in [1.29, 1.82) is 0 Å². The molecular formula is C8H15N3O. The Morgan fingerprint density at radius 1 is 1.67 bits per heavy atom. The van der Waals surface area contributed by atoms with E-state index in [1.54, 1.807) is 0 Å². The summed E-state index contributed by atoms with van der Waals surface area (Å²) in [4.78, 5) is 2.03. The number of nitrogens with two attached hydrogens (primary N) is 1. The summed E-state index contributed by atoms with van der Waals surface area (Å²) < 4.78 is 4.97. The van der Waals surface area contributed by atoms with E-state index in [0.29, 0.717) is 6.54 Å². The molecule has 1 unspecified atom stereocenters. The molecule has 1 aromatic heterocycles. The quantitative estimate of drug-likeness (QED) is 0.717. The van der Waals surface area contributed by atoms with Crippen molar-refractivity contribution >= 4 is 0 Å². The fourth-order valence-electron chi connectivity index (χ4n) is 1.14. The van der Waals surface area contributed by atoms with E-state index in [2.05, 4.69) is 5.16 Å². The van der Waals surface area contributed by atoms with Crippen LogP contribution >= 0.6 is 0 Å². The zero-order valence-corrected chi connectivity index (χ0v) is 7.74. The number of likely N-dealkylation sites (N-methyl/N-ethyl adjacent to an activating group) is 1. The molecule has 12 heavy (non-hydrogen) atoms. The van der Waals surface area contributed by atoms with Crippen molar-refractivity contribution in [3.05, 3.63) is 17.5 Å². The Morgan fingerprint density at radius 2 is 2.33 bits per heavy atom. The highest BCUT2D eigenvalue weighted by Gasteiger charge is 2.15. The molecule has 0 fully saturated rings. The van der Waals surface area contributed by atoms with Crippen molar-refractivity contribution < 1.29 is 4.52 Å². The van der Waals surface area contributed by atoms with Crippen LogP contribution in [-0.4, -0.2) is 30.7 Å². The molecule has 4 heteroatoms. The lowest BCUT2D eigenvalue weighted by Crippen LogP contribution is -2.27. The average molecular weight is 169 g/mol. The van der Waals surface area contributed by atoms with E-state index < -0.39 is 0 Å². The van der Waals surface area contributed by atoms with Gasteiger partial charge in [0, 0.05) is 12.6 Å².